The smallest absolute Gasteiger partial charge is 0.369 e. The van der Waals surface area contributed by atoms with Crippen molar-refractivity contribution in [3.63, 3.8) is 0 Å². The van der Waals surface area contributed by atoms with E-state index in [1.165, 1.54) is 5.19 Å². The van der Waals surface area contributed by atoms with Crippen LogP contribution in [0.5, 0.6) is 0 Å². The molecule has 0 aromatic heterocycles. The predicted molar refractivity (Wildman–Crippen MR) is 65.5 cm³/mol. The van der Waals surface area contributed by atoms with Crippen molar-refractivity contribution in [2.75, 3.05) is 7.11 Å². The van der Waals surface area contributed by atoms with Gasteiger partial charge in [-0.25, -0.2) is 0 Å². The Morgan fingerprint density at radius 2 is 1.87 bits per heavy atom. The second kappa shape index (κ2) is 5.44. The summed E-state index contributed by atoms with van der Waals surface area (Å²) in [5.74, 6) is 0. The third kappa shape index (κ3) is 3.16. The van der Waals surface area contributed by atoms with Gasteiger partial charge in [0.1, 0.15) is 0 Å². The molecule has 2 nitrogen and oxygen atoms in total. The van der Waals surface area contributed by atoms with Gasteiger partial charge in [0.2, 0.25) is 0 Å². The van der Waals surface area contributed by atoms with E-state index in [-0.39, 0.29) is 6.10 Å². The van der Waals surface area contributed by atoms with Crippen molar-refractivity contribution < 1.29 is 8.85 Å². The SMILES string of the molecule is CCC(C)O[Si](C)(OC)c1ccccc1. The number of rotatable bonds is 5. The molecule has 84 valence electrons. The Morgan fingerprint density at radius 3 is 2.33 bits per heavy atom. The molecule has 0 bridgehead atoms. The monoisotopic (exact) mass is 224 g/mol. The van der Waals surface area contributed by atoms with Crippen LogP contribution in [0.2, 0.25) is 6.55 Å². The van der Waals surface area contributed by atoms with Gasteiger partial charge in [-0.1, -0.05) is 37.3 Å². The molecule has 0 aliphatic carbocycles. The summed E-state index contributed by atoms with van der Waals surface area (Å²) < 4.78 is 11.7. The second-order valence-corrected chi connectivity index (χ2v) is 6.97. The fourth-order valence-corrected chi connectivity index (χ4v) is 3.64. The summed E-state index contributed by atoms with van der Waals surface area (Å²) in [6, 6.07) is 10.2. The molecule has 0 saturated heterocycles. The van der Waals surface area contributed by atoms with E-state index in [2.05, 4.69) is 32.5 Å². The van der Waals surface area contributed by atoms with Crippen LogP contribution in [0.25, 0.3) is 0 Å². The highest BCUT2D eigenvalue weighted by molar-refractivity contribution is 6.79. The van der Waals surface area contributed by atoms with Crippen LogP contribution in [-0.2, 0) is 8.85 Å². The molecular formula is C12H20O2Si. The van der Waals surface area contributed by atoms with Crippen LogP contribution in [0.15, 0.2) is 30.3 Å². The Kier molecular flexibility index (Phi) is 4.51. The van der Waals surface area contributed by atoms with E-state index in [4.69, 9.17) is 8.85 Å². The highest BCUT2D eigenvalue weighted by Crippen LogP contribution is 2.11. The molecule has 0 N–H and O–H groups in total. The van der Waals surface area contributed by atoms with Crippen LogP contribution < -0.4 is 5.19 Å². The van der Waals surface area contributed by atoms with E-state index in [1.807, 2.05) is 18.2 Å². The molecule has 0 amide bonds. The van der Waals surface area contributed by atoms with Crippen LogP contribution in [0, 0.1) is 0 Å². The fraction of sp³-hybridized carbons (Fsp3) is 0.500. The summed E-state index contributed by atoms with van der Waals surface area (Å²) in [5, 5.41) is 1.19. The standard InChI is InChI=1S/C12H20O2Si/c1-5-11(2)14-15(4,13-3)12-9-7-6-8-10-12/h6-11H,5H2,1-4H3. The van der Waals surface area contributed by atoms with Crippen LogP contribution in [0.1, 0.15) is 20.3 Å². The number of benzene rings is 1. The van der Waals surface area contributed by atoms with Crippen molar-refractivity contribution in [1.29, 1.82) is 0 Å². The molecule has 2 unspecified atom stereocenters. The summed E-state index contributed by atoms with van der Waals surface area (Å²) in [5.41, 5.74) is 0. The van der Waals surface area contributed by atoms with E-state index in [1.54, 1.807) is 7.11 Å². The first-order valence-corrected chi connectivity index (χ1v) is 7.72. The molecule has 0 fully saturated rings. The molecule has 0 saturated carbocycles. The third-order valence-electron chi connectivity index (χ3n) is 2.69. The van der Waals surface area contributed by atoms with Gasteiger partial charge < -0.3 is 8.85 Å². The normalized spacial score (nSPS) is 17.1. The topological polar surface area (TPSA) is 18.5 Å². The summed E-state index contributed by atoms with van der Waals surface area (Å²) in [7, 11) is -0.446. The Balaban J connectivity index is 2.85. The molecule has 1 aromatic carbocycles. The van der Waals surface area contributed by atoms with Gasteiger partial charge in [-0.15, -0.1) is 0 Å². The average Bonchev–Trinajstić information content (AvgIpc) is 2.30. The lowest BCUT2D eigenvalue weighted by Gasteiger charge is -2.28. The molecule has 0 heterocycles. The van der Waals surface area contributed by atoms with Crippen molar-refractivity contribution in [2.45, 2.75) is 32.9 Å². The lowest BCUT2D eigenvalue weighted by atomic mass is 10.3. The lowest BCUT2D eigenvalue weighted by molar-refractivity contribution is 0.152. The number of hydrogen-bond acceptors (Lipinski definition) is 2. The molecule has 1 rings (SSSR count). The molecular weight excluding hydrogens is 204 g/mol. The third-order valence-corrected chi connectivity index (χ3v) is 5.70. The van der Waals surface area contributed by atoms with Gasteiger partial charge in [0.15, 0.2) is 0 Å². The maximum Gasteiger partial charge on any atom is 0.369 e. The maximum atomic E-state index is 6.04. The van der Waals surface area contributed by atoms with Crippen molar-refractivity contribution in [3.8, 4) is 0 Å². The fourth-order valence-electron chi connectivity index (χ4n) is 1.44. The zero-order valence-electron chi connectivity index (χ0n) is 9.99. The molecule has 0 spiro atoms. The highest BCUT2D eigenvalue weighted by Gasteiger charge is 2.34. The molecule has 3 heteroatoms. The summed E-state index contributed by atoms with van der Waals surface area (Å²) in [6.07, 6.45) is 1.26. The quantitative estimate of drug-likeness (QED) is 0.715. The Hall–Kier alpha value is -0.643. The van der Waals surface area contributed by atoms with Crippen molar-refractivity contribution >= 4 is 13.7 Å². The van der Waals surface area contributed by atoms with Crippen LogP contribution >= 0.6 is 0 Å². The minimum atomic E-state index is -2.18. The predicted octanol–water partition coefficient (Wildman–Crippen LogP) is 2.43. The van der Waals surface area contributed by atoms with Gasteiger partial charge in [0.05, 0.1) is 0 Å². The molecule has 15 heavy (non-hydrogen) atoms. The highest BCUT2D eigenvalue weighted by atomic mass is 28.4. The molecule has 2 atom stereocenters. The molecule has 1 aromatic rings. The Bertz CT molecular complexity index is 289. The van der Waals surface area contributed by atoms with Gasteiger partial charge in [0, 0.05) is 13.2 Å². The second-order valence-electron chi connectivity index (χ2n) is 3.85. The van der Waals surface area contributed by atoms with Crippen LogP contribution in [0.3, 0.4) is 0 Å². The average molecular weight is 224 g/mol. The summed E-state index contributed by atoms with van der Waals surface area (Å²) in [4.78, 5) is 0. The van der Waals surface area contributed by atoms with Crippen LogP contribution in [0.4, 0.5) is 0 Å². The van der Waals surface area contributed by atoms with Gasteiger partial charge in [-0.3, -0.25) is 0 Å². The van der Waals surface area contributed by atoms with E-state index in [0.717, 1.165) is 6.42 Å². The molecule has 0 radical (unpaired) electrons. The first kappa shape index (κ1) is 12.4. The van der Waals surface area contributed by atoms with Gasteiger partial charge in [-0.2, -0.15) is 0 Å². The van der Waals surface area contributed by atoms with Crippen molar-refractivity contribution in [2.24, 2.45) is 0 Å². The van der Waals surface area contributed by atoms with Gasteiger partial charge in [0.25, 0.3) is 0 Å². The Labute approximate surface area is 93.5 Å². The van der Waals surface area contributed by atoms with Gasteiger partial charge >= 0.3 is 8.56 Å². The molecule has 0 aliphatic heterocycles. The minimum Gasteiger partial charge on any atom is -0.394 e. The zero-order chi connectivity index (χ0) is 11.3. The van der Waals surface area contributed by atoms with E-state index in [9.17, 15) is 0 Å². The lowest BCUT2D eigenvalue weighted by Crippen LogP contribution is -2.51. The minimum absolute atomic E-state index is 0.252. The van der Waals surface area contributed by atoms with Gasteiger partial charge in [-0.05, 0) is 25.1 Å². The van der Waals surface area contributed by atoms with Crippen molar-refractivity contribution in [1.82, 2.24) is 0 Å². The zero-order valence-corrected chi connectivity index (χ0v) is 11.0. The molecule has 0 aliphatic rings. The van der Waals surface area contributed by atoms with E-state index in [0.29, 0.717) is 0 Å². The van der Waals surface area contributed by atoms with E-state index < -0.39 is 8.56 Å². The van der Waals surface area contributed by atoms with Crippen molar-refractivity contribution in [3.05, 3.63) is 30.3 Å². The van der Waals surface area contributed by atoms with Crippen LogP contribution in [-0.4, -0.2) is 21.8 Å². The Morgan fingerprint density at radius 1 is 1.27 bits per heavy atom. The first-order chi connectivity index (χ1) is 7.12. The maximum absolute atomic E-state index is 6.04. The number of hydrogen-bond donors (Lipinski definition) is 0. The summed E-state index contributed by atoms with van der Waals surface area (Å²) >= 11 is 0. The van der Waals surface area contributed by atoms with E-state index >= 15 is 0 Å². The first-order valence-electron chi connectivity index (χ1n) is 5.41. The largest absolute Gasteiger partial charge is 0.394 e. The summed E-state index contributed by atoms with van der Waals surface area (Å²) in [6.45, 7) is 6.31.